The highest BCUT2D eigenvalue weighted by Gasteiger charge is 2.19. The largest absolute Gasteiger partial charge is 0.354 e. The fraction of sp³-hybridized carbons (Fsp3) is 0.909. The smallest absolute Gasteiger partial charge is 0.237 e. The van der Waals surface area contributed by atoms with Crippen molar-refractivity contribution in [3.05, 3.63) is 0 Å². The summed E-state index contributed by atoms with van der Waals surface area (Å²) in [5.41, 5.74) is 5.76. The Hall–Kier alpha value is -0.220. The molecule has 0 bridgehead atoms. The van der Waals surface area contributed by atoms with Gasteiger partial charge in [-0.25, -0.2) is 0 Å². The lowest BCUT2D eigenvalue weighted by Crippen LogP contribution is -2.45. The normalized spacial score (nSPS) is 20.3. The van der Waals surface area contributed by atoms with Crippen LogP contribution in [0.1, 0.15) is 26.7 Å². The van der Waals surface area contributed by atoms with Gasteiger partial charge < -0.3 is 11.1 Å². The van der Waals surface area contributed by atoms with Gasteiger partial charge in [-0.3, -0.25) is 4.79 Å². The van der Waals surface area contributed by atoms with E-state index in [0.29, 0.717) is 5.92 Å². The van der Waals surface area contributed by atoms with Gasteiger partial charge in [0.2, 0.25) is 5.91 Å². The van der Waals surface area contributed by atoms with Gasteiger partial charge in [0.25, 0.3) is 0 Å². The topological polar surface area (TPSA) is 55.1 Å². The Kier molecular flexibility index (Phi) is 5.47. The molecule has 0 aromatic heterocycles. The number of nitrogens with one attached hydrogen (secondary N) is 1. The Morgan fingerprint density at radius 3 is 2.60 bits per heavy atom. The van der Waals surface area contributed by atoms with Crippen molar-refractivity contribution < 1.29 is 4.79 Å². The average Bonchev–Trinajstić information content (AvgIpc) is 2.26. The molecule has 1 heterocycles. The molecular formula is C11H22N2OS. The van der Waals surface area contributed by atoms with Gasteiger partial charge in [-0.2, -0.15) is 11.8 Å². The van der Waals surface area contributed by atoms with E-state index in [1.165, 1.54) is 24.3 Å². The van der Waals surface area contributed by atoms with Crippen LogP contribution >= 0.6 is 11.8 Å². The van der Waals surface area contributed by atoms with E-state index in [0.717, 1.165) is 6.54 Å². The molecule has 0 aromatic rings. The van der Waals surface area contributed by atoms with Gasteiger partial charge in [-0.15, -0.1) is 0 Å². The van der Waals surface area contributed by atoms with E-state index in [4.69, 9.17) is 5.73 Å². The van der Waals surface area contributed by atoms with E-state index < -0.39 is 0 Å². The third-order valence-corrected chi connectivity index (χ3v) is 3.98. The van der Waals surface area contributed by atoms with Crippen molar-refractivity contribution in [2.24, 2.45) is 17.6 Å². The second-order valence-corrected chi connectivity index (χ2v) is 5.80. The molecule has 0 aromatic carbocycles. The fourth-order valence-electron chi connectivity index (χ4n) is 1.62. The van der Waals surface area contributed by atoms with Crippen molar-refractivity contribution in [1.29, 1.82) is 0 Å². The SMILES string of the molecule is CC(C)[C@@H](N)C(=O)NCC1CCSCC1. The molecule has 4 heteroatoms. The van der Waals surface area contributed by atoms with Crippen LogP contribution in [-0.4, -0.2) is 30.0 Å². The summed E-state index contributed by atoms with van der Waals surface area (Å²) < 4.78 is 0. The van der Waals surface area contributed by atoms with Crippen LogP contribution in [0.4, 0.5) is 0 Å². The zero-order valence-corrected chi connectivity index (χ0v) is 10.5. The number of carbonyl (C=O) groups excluding carboxylic acids is 1. The molecule has 0 spiro atoms. The summed E-state index contributed by atoms with van der Waals surface area (Å²) in [6.45, 7) is 4.75. The van der Waals surface area contributed by atoms with Crippen LogP contribution in [0.15, 0.2) is 0 Å². The Morgan fingerprint density at radius 2 is 2.07 bits per heavy atom. The first-order chi connectivity index (χ1) is 7.11. The summed E-state index contributed by atoms with van der Waals surface area (Å²) in [6, 6.07) is -0.358. The van der Waals surface area contributed by atoms with Crippen LogP contribution < -0.4 is 11.1 Å². The zero-order chi connectivity index (χ0) is 11.3. The number of thioether (sulfide) groups is 1. The fourth-order valence-corrected chi connectivity index (χ4v) is 2.82. The van der Waals surface area contributed by atoms with Crippen molar-refractivity contribution in [2.45, 2.75) is 32.7 Å². The highest BCUT2D eigenvalue weighted by atomic mass is 32.2. The summed E-state index contributed by atoms with van der Waals surface area (Å²) >= 11 is 2.01. The molecule has 1 fully saturated rings. The van der Waals surface area contributed by atoms with Gasteiger partial charge in [0.15, 0.2) is 0 Å². The van der Waals surface area contributed by atoms with Gasteiger partial charge in [-0.1, -0.05) is 13.8 Å². The first-order valence-corrected chi connectivity index (χ1v) is 6.87. The van der Waals surface area contributed by atoms with Crippen molar-refractivity contribution in [2.75, 3.05) is 18.1 Å². The molecule has 0 saturated carbocycles. The lowest BCUT2D eigenvalue weighted by molar-refractivity contribution is -0.123. The molecule has 0 radical (unpaired) electrons. The van der Waals surface area contributed by atoms with Crippen LogP contribution in [0.3, 0.4) is 0 Å². The number of hydrogen-bond acceptors (Lipinski definition) is 3. The minimum atomic E-state index is -0.358. The predicted octanol–water partition coefficient (Wildman–Crippen LogP) is 1.23. The first kappa shape index (κ1) is 12.8. The predicted molar refractivity (Wildman–Crippen MR) is 65.9 cm³/mol. The Balaban J connectivity index is 2.20. The summed E-state index contributed by atoms with van der Waals surface area (Å²) in [5.74, 6) is 3.35. The molecule has 88 valence electrons. The third-order valence-electron chi connectivity index (χ3n) is 2.93. The maximum Gasteiger partial charge on any atom is 0.237 e. The number of rotatable bonds is 4. The molecule has 0 aliphatic carbocycles. The van der Waals surface area contributed by atoms with Crippen molar-refractivity contribution >= 4 is 17.7 Å². The molecule has 1 atom stereocenters. The van der Waals surface area contributed by atoms with E-state index in [9.17, 15) is 4.79 Å². The maximum atomic E-state index is 11.6. The van der Waals surface area contributed by atoms with E-state index >= 15 is 0 Å². The first-order valence-electron chi connectivity index (χ1n) is 5.72. The van der Waals surface area contributed by atoms with Crippen LogP contribution in [0.25, 0.3) is 0 Å². The molecular weight excluding hydrogens is 208 g/mol. The van der Waals surface area contributed by atoms with E-state index in [2.05, 4.69) is 5.32 Å². The van der Waals surface area contributed by atoms with Crippen LogP contribution in [-0.2, 0) is 4.79 Å². The number of hydrogen-bond donors (Lipinski definition) is 2. The van der Waals surface area contributed by atoms with Crippen LogP contribution in [0, 0.1) is 11.8 Å². The number of amides is 1. The summed E-state index contributed by atoms with van der Waals surface area (Å²) in [4.78, 5) is 11.6. The van der Waals surface area contributed by atoms with Crippen molar-refractivity contribution in [3.63, 3.8) is 0 Å². The van der Waals surface area contributed by atoms with Crippen molar-refractivity contribution in [3.8, 4) is 0 Å². The van der Waals surface area contributed by atoms with Gasteiger partial charge in [0, 0.05) is 6.54 Å². The highest BCUT2D eigenvalue weighted by Crippen LogP contribution is 2.21. The minimum absolute atomic E-state index is 0.00299. The van der Waals surface area contributed by atoms with Gasteiger partial charge in [-0.05, 0) is 36.2 Å². The van der Waals surface area contributed by atoms with E-state index in [-0.39, 0.29) is 17.9 Å². The van der Waals surface area contributed by atoms with E-state index in [1.54, 1.807) is 0 Å². The number of nitrogens with two attached hydrogens (primary N) is 1. The highest BCUT2D eigenvalue weighted by molar-refractivity contribution is 7.99. The Morgan fingerprint density at radius 1 is 1.47 bits per heavy atom. The minimum Gasteiger partial charge on any atom is -0.354 e. The van der Waals surface area contributed by atoms with Gasteiger partial charge in [0.05, 0.1) is 6.04 Å². The molecule has 1 aliphatic heterocycles. The monoisotopic (exact) mass is 230 g/mol. The van der Waals surface area contributed by atoms with E-state index in [1.807, 2.05) is 25.6 Å². The molecule has 1 rings (SSSR count). The third kappa shape index (κ3) is 4.43. The zero-order valence-electron chi connectivity index (χ0n) is 9.66. The lowest BCUT2D eigenvalue weighted by Gasteiger charge is -2.23. The molecule has 0 unspecified atom stereocenters. The maximum absolute atomic E-state index is 11.6. The summed E-state index contributed by atoms with van der Waals surface area (Å²) in [5, 5.41) is 2.96. The van der Waals surface area contributed by atoms with Crippen LogP contribution in [0.5, 0.6) is 0 Å². The Bertz CT molecular complexity index is 203. The standard InChI is InChI=1S/C11H22N2OS/c1-8(2)10(12)11(14)13-7-9-3-5-15-6-4-9/h8-10H,3-7,12H2,1-2H3,(H,13,14)/t10-/m1/s1. The second kappa shape index (κ2) is 6.38. The van der Waals surface area contributed by atoms with Crippen LogP contribution in [0.2, 0.25) is 0 Å². The summed E-state index contributed by atoms with van der Waals surface area (Å²) in [7, 11) is 0. The lowest BCUT2D eigenvalue weighted by atomic mass is 10.0. The molecule has 1 saturated heterocycles. The quantitative estimate of drug-likeness (QED) is 0.764. The number of carbonyl (C=O) groups is 1. The van der Waals surface area contributed by atoms with Crippen molar-refractivity contribution in [1.82, 2.24) is 5.32 Å². The molecule has 15 heavy (non-hydrogen) atoms. The second-order valence-electron chi connectivity index (χ2n) is 4.57. The molecule has 3 N–H and O–H groups in total. The summed E-state index contributed by atoms with van der Waals surface area (Å²) in [6.07, 6.45) is 2.45. The van der Waals surface area contributed by atoms with Gasteiger partial charge in [0.1, 0.15) is 0 Å². The molecule has 3 nitrogen and oxygen atoms in total. The molecule has 1 aliphatic rings. The average molecular weight is 230 g/mol. The Labute approximate surface area is 96.6 Å². The van der Waals surface area contributed by atoms with Gasteiger partial charge >= 0.3 is 0 Å². The molecule has 1 amide bonds.